The van der Waals surface area contributed by atoms with E-state index >= 15 is 0 Å². The topological polar surface area (TPSA) is 49.3 Å². The first-order chi connectivity index (χ1) is 9.31. The zero-order valence-electron chi connectivity index (χ0n) is 12.4. The van der Waals surface area contributed by atoms with Crippen LogP contribution < -0.4 is 5.32 Å². The van der Waals surface area contributed by atoms with Crippen molar-refractivity contribution in [2.45, 2.75) is 37.7 Å². The molecule has 0 bridgehead atoms. The Morgan fingerprint density at radius 3 is 2.75 bits per heavy atom. The molecule has 0 aromatic heterocycles. The van der Waals surface area contributed by atoms with Crippen molar-refractivity contribution in [2.24, 2.45) is 5.92 Å². The van der Waals surface area contributed by atoms with E-state index in [1.807, 2.05) is 26.2 Å². The van der Waals surface area contributed by atoms with Gasteiger partial charge in [-0.2, -0.15) is 0 Å². The number of hydrogen-bond donors (Lipinski definition) is 2. The molecule has 1 amide bonds. The van der Waals surface area contributed by atoms with Crippen molar-refractivity contribution in [1.82, 2.24) is 5.32 Å². The van der Waals surface area contributed by atoms with Crippen molar-refractivity contribution in [3.63, 3.8) is 0 Å². The van der Waals surface area contributed by atoms with Crippen molar-refractivity contribution in [2.75, 3.05) is 12.8 Å². The van der Waals surface area contributed by atoms with Gasteiger partial charge in [-0.15, -0.1) is 11.8 Å². The standard InChI is InChI=1S/C15H22ClNO2S/c1-5-10(2)15(3,19)9-17-14(18)12-8-11(20-4)6-7-13(12)16/h6-8,10,19H,5,9H2,1-4H3,(H,17,18). The molecule has 0 aliphatic rings. The van der Waals surface area contributed by atoms with Crippen molar-refractivity contribution < 1.29 is 9.90 Å². The third-order valence-electron chi connectivity index (χ3n) is 3.70. The number of nitrogens with one attached hydrogen (secondary N) is 1. The zero-order chi connectivity index (χ0) is 15.3. The number of thioether (sulfide) groups is 1. The maximum Gasteiger partial charge on any atom is 0.252 e. The summed E-state index contributed by atoms with van der Waals surface area (Å²) in [6, 6.07) is 5.36. The quantitative estimate of drug-likeness (QED) is 0.789. The normalized spacial score (nSPS) is 15.5. The molecule has 0 spiro atoms. The molecular formula is C15H22ClNO2S. The van der Waals surface area contributed by atoms with Gasteiger partial charge in [0.15, 0.2) is 0 Å². The Balaban J connectivity index is 2.77. The smallest absolute Gasteiger partial charge is 0.252 e. The van der Waals surface area contributed by atoms with Crippen LogP contribution in [0.2, 0.25) is 5.02 Å². The van der Waals surface area contributed by atoms with Crippen LogP contribution in [-0.2, 0) is 0 Å². The molecule has 112 valence electrons. The number of aliphatic hydroxyl groups is 1. The lowest BCUT2D eigenvalue weighted by atomic mass is 9.88. The molecule has 0 aliphatic carbocycles. The molecular weight excluding hydrogens is 294 g/mol. The molecule has 2 atom stereocenters. The number of rotatable bonds is 6. The van der Waals surface area contributed by atoms with Crippen LogP contribution in [-0.4, -0.2) is 29.4 Å². The lowest BCUT2D eigenvalue weighted by Gasteiger charge is -2.29. The first-order valence-corrected chi connectivity index (χ1v) is 8.26. The van der Waals surface area contributed by atoms with Gasteiger partial charge in [0.1, 0.15) is 0 Å². The number of halogens is 1. The Hall–Kier alpha value is -0.710. The van der Waals surface area contributed by atoms with Crippen LogP contribution in [0.15, 0.2) is 23.1 Å². The minimum Gasteiger partial charge on any atom is -0.388 e. The molecule has 5 heteroatoms. The van der Waals surface area contributed by atoms with Crippen molar-refractivity contribution in [3.8, 4) is 0 Å². The summed E-state index contributed by atoms with van der Waals surface area (Å²) in [5, 5.41) is 13.5. The highest BCUT2D eigenvalue weighted by Gasteiger charge is 2.27. The lowest BCUT2D eigenvalue weighted by molar-refractivity contribution is 0.00592. The first kappa shape index (κ1) is 17.3. The van der Waals surface area contributed by atoms with Gasteiger partial charge >= 0.3 is 0 Å². The molecule has 1 rings (SSSR count). The van der Waals surface area contributed by atoms with Gasteiger partial charge in [0.25, 0.3) is 5.91 Å². The summed E-state index contributed by atoms with van der Waals surface area (Å²) < 4.78 is 0. The molecule has 0 heterocycles. The average Bonchev–Trinajstić information content (AvgIpc) is 2.44. The van der Waals surface area contributed by atoms with Crippen molar-refractivity contribution >= 4 is 29.3 Å². The van der Waals surface area contributed by atoms with Crippen LogP contribution in [0.3, 0.4) is 0 Å². The molecule has 0 fully saturated rings. The predicted molar refractivity (Wildman–Crippen MR) is 85.6 cm³/mol. The van der Waals surface area contributed by atoms with E-state index in [1.54, 1.807) is 30.8 Å². The molecule has 0 aliphatic heterocycles. The molecule has 1 aromatic rings. The summed E-state index contributed by atoms with van der Waals surface area (Å²) in [5.74, 6) is -0.148. The summed E-state index contributed by atoms with van der Waals surface area (Å²) in [6.45, 7) is 5.93. The third kappa shape index (κ3) is 4.40. The van der Waals surface area contributed by atoms with Crippen LogP contribution in [0.4, 0.5) is 0 Å². The maximum atomic E-state index is 12.2. The third-order valence-corrected chi connectivity index (χ3v) is 4.75. The van der Waals surface area contributed by atoms with Crippen LogP contribution in [0.5, 0.6) is 0 Å². The molecule has 2 unspecified atom stereocenters. The van der Waals surface area contributed by atoms with Crippen LogP contribution >= 0.6 is 23.4 Å². The molecule has 3 nitrogen and oxygen atoms in total. The van der Waals surface area contributed by atoms with E-state index < -0.39 is 5.60 Å². The Morgan fingerprint density at radius 1 is 1.55 bits per heavy atom. The number of carbonyl (C=O) groups excluding carboxylic acids is 1. The molecule has 1 aromatic carbocycles. The van der Waals surface area contributed by atoms with Crippen molar-refractivity contribution in [1.29, 1.82) is 0 Å². The van der Waals surface area contributed by atoms with Gasteiger partial charge < -0.3 is 10.4 Å². The van der Waals surface area contributed by atoms with Crippen LogP contribution in [0, 0.1) is 5.92 Å². The van der Waals surface area contributed by atoms with Gasteiger partial charge in [0.2, 0.25) is 0 Å². The summed E-state index contributed by atoms with van der Waals surface area (Å²) in [5.41, 5.74) is -0.480. The minimum absolute atomic E-state index is 0.107. The van der Waals surface area contributed by atoms with Crippen LogP contribution in [0.25, 0.3) is 0 Å². The van der Waals surface area contributed by atoms with E-state index in [0.717, 1.165) is 11.3 Å². The van der Waals surface area contributed by atoms with E-state index in [0.29, 0.717) is 10.6 Å². The SMILES string of the molecule is CCC(C)C(C)(O)CNC(=O)c1cc(SC)ccc1Cl. The number of hydrogen-bond acceptors (Lipinski definition) is 3. The highest BCUT2D eigenvalue weighted by Crippen LogP contribution is 2.23. The largest absolute Gasteiger partial charge is 0.388 e. The van der Waals surface area contributed by atoms with Crippen LogP contribution in [0.1, 0.15) is 37.6 Å². The fourth-order valence-corrected chi connectivity index (χ4v) is 2.42. The van der Waals surface area contributed by atoms with E-state index in [2.05, 4.69) is 5.32 Å². The van der Waals surface area contributed by atoms with E-state index in [-0.39, 0.29) is 18.4 Å². The van der Waals surface area contributed by atoms with Gasteiger partial charge in [0.05, 0.1) is 16.2 Å². The Labute approximate surface area is 130 Å². The fourth-order valence-electron chi connectivity index (χ4n) is 1.77. The Bertz CT molecular complexity index is 477. The zero-order valence-corrected chi connectivity index (χ0v) is 13.9. The van der Waals surface area contributed by atoms with Gasteiger partial charge in [-0.05, 0) is 37.3 Å². The van der Waals surface area contributed by atoms with Crippen molar-refractivity contribution in [3.05, 3.63) is 28.8 Å². The number of amides is 1. The summed E-state index contributed by atoms with van der Waals surface area (Å²) in [7, 11) is 0. The second-order valence-electron chi connectivity index (χ2n) is 5.19. The molecule has 0 saturated heterocycles. The van der Waals surface area contributed by atoms with E-state index in [9.17, 15) is 9.90 Å². The summed E-state index contributed by atoms with van der Waals surface area (Å²) in [4.78, 5) is 13.2. The molecule has 2 N–H and O–H groups in total. The maximum absolute atomic E-state index is 12.2. The van der Waals surface area contributed by atoms with Gasteiger partial charge in [0, 0.05) is 11.4 Å². The Morgan fingerprint density at radius 2 is 2.20 bits per heavy atom. The van der Waals surface area contributed by atoms with Gasteiger partial charge in [-0.3, -0.25) is 4.79 Å². The number of benzene rings is 1. The second-order valence-corrected chi connectivity index (χ2v) is 6.48. The Kier molecular flexibility index (Phi) is 6.37. The first-order valence-electron chi connectivity index (χ1n) is 6.66. The summed E-state index contributed by atoms with van der Waals surface area (Å²) >= 11 is 7.61. The fraction of sp³-hybridized carbons (Fsp3) is 0.533. The van der Waals surface area contributed by atoms with Gasteiger partial charge in [-0.1, -0.05) is 31.9 Å². The highest BCUT2D eigenvalue weighted by molar-refractivity contribution is 7.98. The van der Waals surface area contributed by atoms with E-state index in [4.69, 9.17) is 11.6 Å². The van der Waals surface area contributed by atoms with E-state index in [1.165, 1.54) is 0 Å². The lowest BCUT2D eigenvalue weighted by Crippen LogP contribution is -2.45. The average molecular weight is 316 g/mol. The minimum atomic E-state index is -0.923. The molecule has 0 saturated carbocycles. The van der Waals surface area contributed by atoms with Gasteiger partial charge in [-0.25, -0.2) is 0 Å². The number of carbonyl (C=O) groups is 1. The second kappa shape index (κ2) is 7.34. The predicted octanol–water partition coefficient (Wildman–Crippen LogP) is 3.59. The molecule has 20 heavy (non-hydrogen) atoms. The monoisotopic (exact) mass is 315 g/mol. The highest BCUT2D eigenvalue weighted by atomic mass is 35.5. The summed E-state index contributed by atoms with van der Waals surface area (Å²) in [6.07, 6.45) is 2.80. The molecule has 0 radical (unpaired) electrons.